The molecule has 10 nitrogen and oxygen atoms in total. The molecule has 0 atom stereocenters. The Bertz CT molecular complexity index is 889. The quantitative estimate of drug-likeness (QED) is 0.608. The minimum absolute atomic E-state index is 0. The number of nitrogens with zero attached hydrogens (tertiary/aromatic N) is 4. The van der Waals surface area contributed by atoms with Crippen LogP contribution in [0.5, 0.6) is 11.8 Å². The van der Waals surface area contributed by atoms with E-state index < -0.39 is 11.9 Å². The molecule has 2 aromatic rings. The first kappa shape index (κ1) is 25.3. The monoisotopic (exact) mass is 425 g/mol. The van der Waals surface area contributed by atoms with Crippen molar-refractivity contribution in [2.75, 3.05) is 38.5 Å². The summed E-state index contributed by atoms with van der Waals surface area (Å²) in [6.45, 7) is 1.64. The topological polar surface area (TPSA) is 114 Å². The van der Waals surface area contributed by atoms with E-state index in [-0.39, 0.29) is 61.0 Å². The normalized spacial score (nSPS) is 9.77. The third-order valence-electron chi connectivity index (χ3n) is 3.85. The second kappa shape index (κ2) is 11.5. The molecule has 0 unspecified atom stereocenters. The van der Waals surface area contributed by atoms with Gasteiger partial charge in [-0.05, 0) is 24.3 Å². The third kappa shape index (κ3) is 6.15. The molecule has 0 fully saturated rings. The molecule has 0 saturated heterocycles. The molecule has 0 aliphatic carbocycles. The van der Waals surface area contributed by atoms with Gasteiger partial charge in [0.25, 0.3) is 5.91 Å². The third-order valence-corrected chi connectivity index (χ3v) is 3.85. The van der Waals surface area contributed by atoms with Gasteiger partial charge in [-0.2, -0.15) is 9.97 Å². The number of carbonyl (C=O) groups is 3. The molecule has 0 spiro atoms. The van der Waals surface area contributed by atoms with Crippen LogP contribution in [0.1, 0.15) is 25.1 Å². The number of imide groups is 1. The Kier molecular flexibility index (Phi) is 9.70. The zero-order valence-electron chi connectivity index (χ0n) is 18.9. The predicted octanol–water partition coefficient (Wildman–Crippen LogP) is -0.713. The predicted molar refractivity (Wildman–Crippen MR) is 108 cm³/mol. The van der Waals surface area contributed by atoms with Gasteiger partial charge in [0.2, 0.25) is 23.6 Å². The summed E-state index contributed by atoms with van der Waals surface area (Å²) in [5, 5.41) is 2.47. The Morgan fingerprint density at radius 2 is 1.57 bits per heavy atom. The molecule has 0 saturated carbocycles. The maximum atomic E-state index is 12.8. The molecule has 1 N–H and O–H groups in total. The van der Waals surface area contributed by atoms with Gasteiger partial charge in [0.1, 0.15) is 0 Å². The van der Waals surface area contributed by atoms with E-state index in [9.17, 15) is 14.4 Å². The van der Waals surface area contributed by atoms with Gasteiger partial charge in [0.05, 0.1) is 26.0 Å². The number of anilines is 2. The molecular weight excluding hydrogens is 401 g/mol. The second-order valence-corrected chi connectivity index (χ2v) is 6.04. The minimum Gasteiger partial charge on any atom is -1.00 e. The number of ether oxygens (including phenoxy) is 2. The Balaban J connectivity index is 0.00000450. The number of aromatic nitrogens is 2. The summed E-state index contributed by atoms with van der Waals surface area (Å²) in [4.78, 5) is 47.7. The van der Waals surface area contributed by atoms with Crippen molar-refractivity contribution in [3.63, 3.8) is 0 Å². The van der Waals surface area contributed by atoms with E-state index in [1.807, 2.05) is 0 Å². The Morgan fingerprint density at radius 1 is 1.03 bits per heavy atom. The van der Waals surface area contributed by atoms with Crippen LogP contribution in [-0.2, 0) is 4.79 Å². The fourth-order valence-corrected chi connectivity index (χ4v) is 2.36. The minimum atomic E-state index is -0.751. The van der Waals surface area contributed by atoms with Gasteiger partial charge in [-0.25, -0.2) is 9.69 Å². The van der Waals surface area contributed by atoms with Gasteiger partial charge in [-0.15, -0.1) is 0 Å². The van der Waals surface area contributed by atoms with Crippen molar-refractivity contribution in [1.82, 2.24) is 14.9 Å². The van der Waals surface area contributed by atoms with Crippen molar-refractivity contribution >= 4 is 29.5 Å². The van der Waals surface area contributed by atoms with Gasteiger partial charge >= 0.3 is 35.6 Å². The fraction of sp³-hybridized carbons (Fsp3) is 0.316. The molecule has 0 radical (unpaired) electrons. The van der Waals surface area contributed by atoms with Crippen LogP contribution in [0, 0.1) is 0 Å². The summed E-state index contributed by atoms with van der Waals surface area (Å²) in [5.74, 6) is -0.339. The van der Waals surface area contributed by atoms with Crippen LogP contribution in [0.15, 0.2) is 30.3 Å². The maximum absolute atomic E-state index is 12.8. The molecule has 4 amide bonds. The first-order valence-electron chi connectivity index (χ1n) is 8.73. The van der Waals surface area contributed by atoms with Crippen LogP contribution < -0.4 is 49.2 Å². The summed E-state index contributed by atoms with van der Waals surface area (Å²) < 4.78 is 10.1. The summed E-state index contributed by atoms with van der Waals surface area (Å²) in [5.41, 5.74) is 0.739. The van der Waals surface area contributed by atoms with E-state index >= 15 is 0 Å². The Labute approximate surface area is 198 Å². The van der Waals surface area contributed by atoms with Crippen LogP contribution in [0.3, 0.4) is 0 Å². The van der Waals surface area contributed by atoms with Gasteiger partial charge in [0.15, 0.2) is 0 Å². The number of methoxy groups -OCH3 is 2. The van der Waals surface area contributed by atoms with Crippen molar-refractivity contribution in [1.29, 1.82) is 0 Å². The van der Waals surface area contributed by atoms with E-state index in [1.165, 1.54) is 37.3 Å². The van der Waals surface area contributed by atoms with Crippen LogP contribution in [0.25, 0.3) is 0 Å². The first-order chi connectivity index (χ1) is 13.8. The summed E-state index contributed by atoms with van der Waals surface area (Å²) >= 11 is 0. The maximum Gasteiger partial charge on any atom is 1.00 e. The van der Waals surface area contributed by atoms with E-state index in [2.05, 4.69) is 15.3 Å². The molecule has 0 aliphatic rings. The molecule has 156 valence electrons. The number of rotatable bonds is 6. The van der Waals surface area contributed by atoms with E-state index in [4.69, 9.17) is 9.47 Å². The molecule has 1 aromatic carbocycles. The van der Waals surface area contributed by atoms with Crippen LogP contribution in [0.2, 0.25) is 0 Å². The Hall–Kier alpha value is -2.69. The number of hydrogen-bond donors (Lipinski definition) is 1. The number of amides is 4. The smallest absolute Gasteiger partial charge is 1.00 e. The molecular formula is C19H24N5NaO5. The van der Waals surface area contributed by atoms with Crippen molar-refractivity contribution in [2.24, 2.45) is 0 Å². The van der Waals surface area contributed by atoms with Crippen LogP contribution in [0.4, 0.5) is 16.4 Å². The average Bonchev–Trinajstić information content (AvgIpc) is 2.73. The van der Waals surface area contributed by atoms with Crippen molar-refractivity contribution < 1.29 is 54.8 Å². The largest absolute Gasteiger partial charge is 1.00 e. The number of carbonyl (C=O) groups excluding carboxylic acids is 3. The summed E-state index contributed by atoms with van der Waals surface area (Å²) in [6.07, 6.45) is 0.0914. The zero-order valence-corrected chi connectivity index (χ0v) is 19.9. The molecule has 0 bridgehead atoms. The number of urea groups is 1. The van der Waals surface area contributed by atoms with Crippen molar-refractivity contribution in [2.45, 2.75) is 13.3 Å². The standard InChI is InChI=1S/C19H23N5O5.Na.H/c1-6-16(25)24(13-9-7-12(8-10-13)17(26)23(2)3)19(27)22-18-20-14(28-4)11-15(21-18)29-5;;/h7-11H,6H2,1-5H3,(H,20,21,22,27);;/q;+1;-1. The second-order valence-electron chi connectivity index (χ2n) is 6.04. The van der Waals surface area contributed by atoms with Crippen LogP contribution in [-0.4, -0.2) is 61.0 Å². The fourth-order valence-electron chi connectivity index (χ4n) is 2.36. The molecule has 1 aromatic heterocycles. The van der Waals surface area contributed by atoms with Gasteiger partial charge < -0.3 is 15.8 Å². The van der Waals surface area contributed by atoms with Gasteiger partial charge in [-0.1, -0.05) is 6.92 Å². The molecule has 2 rings (SSSR count). The van der Waals surface area contributed by atoms with Gasteiger partial charge in [-0.3, -0.25) is 14.9 Å². The summed E-state index contributed by atoms with van der Waals surface area (Å²) in [7, 11) is 6.10. The average molecular weight is 425 g/mol. The SMILES string of the molecule is CCC(=O)N(C(=O)Nc1nc(OC)cc(OC)n1)c1ccc(C(=O)N(C)C)cc1.[H-].[Na+]. The summed E-state index contributed by atoms with van der Waals surface area (Å²) in [6, 6.07) is 6.84. The molecule has 0 aliphatic heterocycles. The Morgan fingerprint density at radius 3 is 2.00 bits per heavy atom. The van der Waals surface area contributed by atoms with Gasteiger partial charge in [0, 0.05) is 26.1 Å². The van der Waals surface area contributed by atoms with Crippen LogP contribution >= 0.6 is 0 Å². The zero-order chi connectivity index (χ0) is 21.6. The van der Waals surface area contributed by atoms with Crippen molar-refractivity contribution in [3.8, 4) is 11.8 Å². The van der Waals surface area contributed by atoms with E-state index in [0.717, 1.165) is 4.90 Å². The number of nitrogens with one attached hydrogen (secondary N) is 1. The number of hydrogen-bond acceptors (Lipinski definition) is 7. The van der Waals surface area contributed by atoms with E-state index in [1.54, 1.807) is 33.2 Å². The van der Waals surface area contributed by atoms with Crippen molar-refractivity contribution in [3.05, 3.63) is 35.9 Å². The van der Waals surface area contributed by atoms with E-state index in [0.29, 0.717) is 11.3 Å². The first-order valence-corrected chi connectivity index (χ1v) is 8.73. The molecule has 11 heteroatoms. The molecule has 30 heavy (non-hydrogen) atoms. The number of benzene rings is 1. The molecule has 1 heterocycles.